The van der Waals surface area contributed by atoms with Crippen LogP contribution in [0.25, 0.3) is 0 Å². The smallest absolute Gasteiger partial charge is 0.410 e. The lowest BCUT2D eigenvalue weighted by Crippen LogP contribution is -2.50. The first-order valence-corrected chi connectivity index (χ1v) is 9.95. The second kappa shape index (κ2) is 10.2. The van der Waals surface area contributed by atoms with Gasteiger partial charge < -0.3 is 25.0 Å². The molecule has 28 heavy (non-hydrogen) atoms. The summed E-state index contributed by atoms with van der Waals surface area (Å²) in [5.74, 6) is 0.840. The molecule has 1 saturated heterocycles. The van der Waals surface area contributed by atoms with E-state index < -0.39 is 5.60 Å². The van der Waals surface area contributed by atoms with Gasteiger partial charge in [-0.15, -0.1) is 0 Å². The quantitative estimate of drug-likeness (QED) is 0.728. The van der Waals surface area contributed by atoms with Gasteiger partial charge in [0.25, 0.3) is 0 Å². The van der Waals surface area contributed by atoms with Gasteiger partial charge in [-0.25, -0.2) is 9.59 Å². The number of rotatable bonds is 6. The summed E-state index contributed by atoms with van der Waals surface area (Å²) in [7, 11) is 0. The summed E-state index contributed by atoms with van der Waals surface area (Å²) in [5.41, 5.74) is 0.706. The molecule has 1 aromatic rings. The summed E-state index contributed by atoms with van der Waals surface area (Å²) >= 11 is 0. The number of likely N-dealkylation sites (tertiary alicyclic amines) is 1. The fourth-order valence-electron chi connectivity index (χ4n) is 2.87. The molecule has 1 aliphatic heterocycles. The SMILES string of the molecule is Cc1ccc(OCCCNC(=O)NC2CCN(C(=O)OC(C)(C)C)CC2)cc1. The molecule has 0 aliphatic carbocycles. The number of ether oxygens (including phenoxy) is 2. The van der Waals surface area contributed by atoms with Crippen LogP contribution in [0.3, 0.4) is 0 Å². The highest BCUT2D eigenvalue weighted by molar-refractivity contribution is 5.74. The number of carbonyl (C=O) groups is 2. The fraction of sp³-hybridized carbons (Fsp3) is 0.619. The Morgan fingerprint density at radius 3 is 2.39 bits per heavy atom. The maximum absolute atomic E-state index is 12.1. The van der Waals surface area contributed by atoms with E-state index in [-0.39, 0.29) is 18.2 Å². The number of carbonyl (C=O) groups excluding carboxylic acids is 2. The van der Waals surface area contributed by atoms with Crippen LogP contribution in [0.2, 0.25) is 0 Å². The van der Waals surface area contributed by atoms with Crippen molar-refractivity contribution in [1.82, 2.24) is 15.5 Å². The Hall–Kier alpha value is -2.44. The largest absolute Gasteiger partial charge is 0.494 e. The molecule has 1 heterocycles. The number of nitrogens with zero attached hydrogens (tertiary/aromatic N) is 1. The lowest BCUT2D eigenvalue weighted by Gasteiger charge is -2.33. The van der Waals surface area contributed by atoms with E-state index in [1.807, 2.05) is 52.0 Å². The Morgan fingerprint density at radius 2 is 1.79 bits per heavy atom. The lowest BCUT2D eigenvalue weighted by atomic mass is 10.1. The van der Waals surface area contributed by atoms with E-state index in [1.54, 1.807) is 4.90 Å². The van der Waals surface area contributed by atoms with Gasteiger partial charge in [0.1, 0.15) is 11.4 Å². The predicted molar refractivity (Wildman–Crippen MR) is 109 cm³/mol. The minimum absolute atomic E-state index is 0.0718. The van der Waals surface area contributed by atoms with Crippen molar-refractivity contribution in [3.05, 3.63) is 29.8 Å². The molecule has 0 aromatic heterocycles. The molecule has 3 amide bonds. The molecular weight excluding hydrogens is 358 g/mol. The molecule has 7 nitrogen and oxygen atoms in total. The predicted octanol–water partition coefficient (Wildman–Crippen LogP) is 3.46. The van der Waals surface area contributed by atoms with Crippen LogP contribution in [0.1, 0.15) is 45.6 Å². The molecule has 1 aromatic carbocycles. The van der Waals surface area contributed by atoms with Gasteiger partial charge >= 0.3 is 12.1 Å². The molecule has 2 rings (SSSR count). The highest BCUT2D eigenvalue weighted by Crippen LogP contribution is 2.15. The number of benzene rings is 1. The maximum atomic E-state index is 12.1. The fourth-order valence-corrected chi connectivity index (χ4v) is 2.87. The van der Waals surface area contributed by atoms with Gasteiger partial charge in [-0.05, 0) is 59.1 Å². The number of amides is 3. The molecule has 0 radical (unpaired) electrons. The zero-order valence-electron chi connectivity index (χ0n) is 17.4. The van der Waals surface area contributed by atoms with Gasteiger partial charge in [0.05, 0.1) is 6.61 Å². The molecule has 0 unspecified atom stereocenters. The summed E-state index contributed by atoms with van der Waals surface area (Å²) < 4.78 is 11.0. The van der Waals surface area contributed by atoms with Crippen molar-refractivity contribution in [2.24, 2.45) is 0 Å². The molecule has 1 aliphatic rings. The first-order valence-electron chi connectivity index (χ1n) is 9.95. The van der Waals surface area contributed by atoms with Crippen molar-refractivity contribution in [3.8, 4) is 5.75 Å². The lowest BCUT2D eigenvalue weighted by molar-refractivity contribution is 0.0201. The van der Waals surface area contributed by atoms with E-state index in [0.717, 1.165) is 25.0 Å². The van der Waals surface area contributed by atoms with Crippen LogP contribution < -0.4 is 15.4 Å². The van der Waals surface area contributed by atoms with E-state index in [2.05, 4.69) is 10.6 Å². The van der Waals surface area contributed by atoms with Gasteiger partial charge in [-0.3, -0.25) is 0 Å². The summed E-state index contributed by atoms with van der Waals surface area (Å²) in [6, 6.07) is 7.80. The van der Waals surface area contributed by atoms with E-state index in [4.69, 9.17) is 9.47 Å². The van der Waals surface area contributed by atoms with Crippen molar-refractivity contribution < 1.29 is 19.1 Å². The number of hydrogen-bond donors (Lipinski definition) is 2. The van der Waals surface area contributed by atoms with Crippen LogP contribution in [0, 0.1) is 6.92 Å². The Labute approximate surface area is 167 Å². The van der Waals surface area contributed by atoms with Gasteiger partial charge in [0, 0.05) is 25.7 Å². The molecule has 0 spiro atoms. The van der Waals surface area contributed by atoms with Crippen molar-refractivity contribution in [2.45, 2.75) is 58.6 Å². The van der Waals surface area contributed by atoms with E-state index >= 15 is 0 Å². The second-order valence-electron chi connectivity index (χ2n) is 8.16. The van der Waals surface area contributed by atoms with E-state index in [9.17, 15) is 9.59 Å². The number of aryl methyl sites for hydroxylation is 1. The number of nitrogens with one attached hydrogen (secondary N) is 2. The third kappa shape index (κ3) is 8.06. The molecule has 1 fully saturated rings. The van der Waals surface area contributed by atoms with Gasteiger partial charge in [0.15, 0.2) is 0 Å². The van der Waals surface area contributed by atoms with Crippen LogP contribution >= 0.6 is 0 Å². The summed E-state index contributed by atoms with van der Waals surface area (Å²) in [6.07, 6.45) is 1.90. The van der Waals surface area contributed by atoms with Crippen molar-refractivity contribution in [3.63, 3.8) is 0 Å². The number of urea groups is 1. The Balaban J connectivity index is 1.56. The minimum atomic E-state index is -0.491. The number of hydrogen-bond acceptors (Lipinski definition) is 4. The van der Waals surface area contributed by atoms with Crippen LogP contribution in [0.4, 0.5) is 9.59 Å². The average molecular weight is 392 g/mol. The Kier molecular flexibility index (Phi) is 7.96. The molecule has 0 atom stereocenters. The van der Waals surface area contributed by atoms with Crippen LogP contribution in [-0.2, 0) is 4.74 Å². The Morgan fingerprint density at radius 1 is 1.14 bits per heavy atom. The third-order valence-corrected chi connectivity index (χ3v) is 4.38. The highest BCUT2D eigenvalue weighted by Gasteiger charge is 2.27. The molecule has 0 saturated carbocycles. The summed E-state index contributed by atoms with van der Waals surface area (Å²) in [5, 5.41) is 5.83. The topological polar surface area (TPSA) is 79.9 Å². The van der Waals surface area contributed by atoms with Gasteiger partial charge in [0.2, 0.25) is 0 Å². The minimum Gasteiger partial charge on any atom is -0.494 e. The molecule has 156 valence electrons. The van der Waals surface area contributed by atoms with Gasteiger partial charge in [-0.1, -0.05) is 17.7 Å². The third-order valence-electron chi connectivity index (χ3n) is 4.38. The summed E-state index contributed by atoms with van der Waals surface area (Å²) in [4.78, 5) is 25.8. The first kappa shape index (κ1) is 21.9. The zero-order valence-corrected chi connectivity index (χ0v) is 17.4. The highest BCUT2D eigenvalue weighted by atomic mass is 16.6. The standard InChI is InChI=1S/C21H33N3O4/c1-16-6-8-18(9-7-16)27-15-5-12-22-19(25)23-17-10-13-24(14-11-17)20(26)28-21(2,3)4/h6-9,17H,5,10-15H2,1-4H3,(H2,22,23,25). The first-order chi connectivity index (χ1) is 13.2. The van der Waals surface area contributed by atoms with Crippen LogP contribution in [0.5, 0.6) is 5.75 Å². The average Bonchev–Trinajstić information content (AvgIpc) is 2.62. The van der Waals surface area contributed by atoms with Gasteiger partial charge in [-0.2, -0.15) is 0 Å². The van der Waals surface area contributed by atoms with Crippen molar-refractivity contribution >= 4 is 12.1 Å². The Bertz CT molecular complexity index is 632. The van der Waals surface area contributed by atoms with E-state index in [1.165, 1.54) is 5.56 Å². The van der Waals surface area contributed by atoms with E-state index in [0.29, 0.717) is 26.2 Å². The molecule has 7 heteroatoms. The van der Waals surface area contributed by atoms with Crippen molar-refractivity contribution in [2.75, 3.05) is 26.2 Å². The second-order valence-corrected chi connectivity index (χ2v) is 8.16. The monoisotopic (exact) mass is 391 g/mol. The van der Waals surface area contributed by atoms with Crippen molar-refractivity contribution in [1.29, 1.82) is 0 Å². The molecular formula is C21H33N3O4. The van der Waals surface area contributed by atoms with Crippen LogP contribution in [-0.4, -0.2) is 54.9 Å². The normalized spacial score (nSPS) is 15.1. The number of piperidine rings is 1. The maximum Gasteiger partial charge on any atom is 0.410 e. The molecule has 0 bridgehead atoms. The molecule has 2 N–H and O–H groups in total. The zero-order chi connectivity index (χ0) is 20.6. The van der Waals surface area contributed by atoms with Crippen LogP contribution in [0.15, 0.2) is 24.3 Å². The summed E-state index contributed by atoms with van der Waals surface area (Å²) in [6.45, 7) is 9.88.